The number of nitrogens with two attached hydrogens (primary N) is 1. The highest BCUT2D eigenvalue weighted by molar-refractivity contribution is 5.76. The predicted molar refractivity (Wildman–Crippen MR) is 90.9 cm³/mol. The first kappa shape index (κ1) is 16.4. The third kappa shape index (κ3) is 2.96. The Balaban J connectivity index is 1.80. The molecule has 3 rings (SSSR count). The molecule has 2 aromatic rings. The minimum Gasteiger partial charge on any atom is -0.493 e. The van der Waals surface area contributed by atoms with E-state index in [0.717, 1.165) is 36.8 Å². The molecule has 24 heavy (non-hydrogen) atoms. The first-order valence-electron chi connectivity index (χ1n) is 8.38. The quantitative estimate of drug-likeness (QED) is 0.707. The van der Waals surface area contributed by atoms with Gasteiger partial charge in [0.2, 0.25) is 11.8 Å². The van der Waals surface area contributed by atoms with Crippen LogP contribution in [0.3, 0.4) is 0 Å². The Morgan fingerprint density at radius 2 is 2.17 bits per heavy atom. The highest BCUT2D eigenvalue weighted by Gasteiger charge is 2.29. The molecule has 1 aromatic carbocycles. The maximum Gasteiger partial charge on any atom is 0.329 e. The number of hydrogen-bond donors (Lipinski definition) is 3. The molecule has 1 amide bonds. The molecule has 0 radical (unpaired) electrons. The smallest absolute Gasteiger partial charge is 0.329 e. The van der Waals surface area contributed by atoms with Crippen LogP contribution in [0, 0.1) is 5.92 Å². The number of amides is 1. The van der Waals surface area contributed by atoms with Crippen LogP contribution in [0.15, 0.2) is 29.1 Å². The van der Waals surface area contributed by atoms with Crippen LogP contribution in [-0.2, 0) is 11.2 Å². The van der Waals surface area contributed by atoms with Crippen LogP contribution in [0.5, 0.6) is 5.88 Å². The monoisotopic (exact) mass is 329 g/mol. The summed E-state index contributed by atoms with van der Waals surface area (Å²) in [5, 5.41) is 10.00. The topological polar surface area (TPSA) is 101 Å². The molecule has 1 aliphatic rings. The molecule has 6 nitrogen and oxygen atoms in total. The van der Waals surface area contributed by atoms with E-state index in [-0.39, 0.29) is 29.4 Å². The number of nitrogens with zero attached hydrogens (tertiary/aromatic N) is 1. The van der Waals surface area contributed by atoms with Crippen LogP contribution < -0.4 is 11.4 Å². The SMILES string of the molecule is CC(CCCCC1c2ccccc2Cc2c(O)[nH]c(=O)n21)C(N)=O. The Hall–Kier alpha value is -2.50. The van der Waals surface area contributed by atoms with Gasteiger partial charge < -0.3 is 10.8 Å². The Labute approximate surface area is 140 Å². The van der Waals surface area contributed by atoms with Crippen LogP contribution in [0.2, 0.25) is 0 Å². The van der Waals surface area contributed by atoms with Gasteiger partial charge in [-0.05, 0) is 24.0 Å². The van der Waals surface area contributed by atoms with E-state index in [0.29, 0.717) is 12.1 Å². The molecule has 4 N–H and O–H groups in total. The molecule has 128 valence electrons. The summed E-state index contributed by atoms with van der Waals surface area (Å²) >= 11 is 0. The van der Waals surface area contributed by atoms with Crippen molar-refractivity contribution in [2.24, 2.45) is 11.7 Å². The van der Waals surface area contributed by atoms with Crippen molar-refractivity contribution in [2.45, 2.75) is 45.1 Å². The highest BCUT2D eigenvalue weighted by atomic mass is 16.3. The van der Waals surface area contributed by atoms with E-state index in [2.05, 4.69) is 4.98 Å². The standard InChI is InChI=1S/C18H23N3O3/c1-11(16(19)22)6-2-5-9-14-13-8-4-3-7-12(13)10-15-17(23)20-18(24)21(14)15/h3-4,7-8,11,14,23H,2,5-6,9-10H2,1H3,(H2,19,22)(H,20,24). The maximum atomic E-state index is 12.2. The lowest BCUT2D eigenvalue weighted by Gasteiger charge is -2.28. The van der Waals surface area contributed by atoms with Crippen LogP contribution in [0.1, 0.15) is 55.5 Å². The van der Waals surface area contributed by atoms with Crippen LogP contribution in [0.25, 0.3) is 0 Å². The predicted octanol–water partition coefficient (Wildman–Crippen LogP) is 2.06. The van der Waals surface area contributed by atoms with E-state index < -0.39 is 0 Å². The molecule has 1 aromatic heterocycles. The molecule has 0 fully saturated rings. The van der Waals surface area contributed by atoms with Crippen molar-refractivity contribution in [1.82, 2.24) is 9.55 Å². The average Bonchev–Trinajstić information content (AvgIpc) is 2.84. The molecule has 1 aliphatic heterocycles. The number of carbonyl (C=O) groups is 1. The zero-order chi connectivity index (χ0) is 17.3. The number of unbranched alkanes of at least 4 members (excludes halogenated alkanes) is 1. The summed E-state index contributed by atoms with van der Waals surface area (Å²) < 4.78 is 1.68. The number of aromatic nitrogens is 2. The summed E-state index contributed by atoms with van der Waals surface area (Å²) in [6.45, 7) is 1.84. The van der Waals surface area contributed by atoms with Gasteiger partial charge in [0.1, 0.15) is 0 Å². The number of hydrogen-bond acceptors (Lipinski definition) is 3. The molecule has 0 spiro atoms. The van der Waals surface area contributed by atoms with E-state index in [9.17, 15) is 14.7 Å². The van der Waals surface area contributed by atoms with Crippen LogP contribution in [-0.4, -0.2) is 20.6 Å². The van der Waals surface area contributed by atoms with E-state index in [4.69, 9.17) is 5.73 Å². The van der Waals surface area contributed by atoms with Crippen molar-refractivity contribution < 1.29 is 9.90 Å². The zero-order valence-corrected chi connectivity index (χ0v) is 13.8. The number of aromatic hydroxyl groups is 1. The molecule has 2 atom stereocenters. The van der Waals surface area contributed by atoms with E-state index >= 15 is 0 Å². The summed E-state index contributed by atoms with van der Waals surface area (Å²) in [4.78, 5) is 25.8. The number of nitrogens with one attached hydrogen (secondary N) is 1. The summed E-state index contributed by atoms with van der Waals surface area (Å²) in [6.07, 6.45) is 3.85. The Bertz CT molecular complexity index is 806. The minimum atomic E-state index is -0.271. The molecule has 0 saturated heterocycles. The molecule has 0 aliphatic carbocycles. The Morgan fingerprint density at radius 1 is 1.42 bits per heavy atom. The molecular formula is C18H23N3O3. The van der Waals surface area contributed by atoms with Crippen molar-refractivity contribution in [3.63, 3.8) is 0 Å². The molecule has 0 bridgehead atoms. The van der Waals surface area contributed by atoms with Gasteiger partial charge in [-0.1, -0.05) is 44.0 Å². The fourth-order valence-corrected chi connectivity index (χ4v) is 3.52. The Morgan fingerprint density at radius 3 is 2.92 bits per heavy atom. The first-order chi connectivity index (χ1) is 11.5. The van der Waals surface area contributed by atoms with Gasteiger partial charge in [-0.25, -0.2) is 4.79 Å². The number of carbonyl (C=O) groups excluding carboxylic acids is 1. The zero-order valence-electron chi connectivity index (χ0n) is 13.8. The summed E-state index contributed by atoms with van der Waals surface area (Å²) in [5.41, 5.74) is 7.94. The average molecular weight is 329 g/mol. The third-order valence-electron chi connectivity index (χ3n) is 4.94. The van der Waals surface area contributed by atoms with Gasteiger partial charge in [0.25, 0.3) is 0 Å². The molecule has 2 heterocycles. The van der Waals surface area contributed by atoms with E-state index in [1.54, 1.807) is 4.57 Å². The Kier molecular flexibility index (Phi) is 4.46. The van der Waals surface area contributed by atoms with E-state index in [1.807, 2.05) is 31.2 Å². The van der Waals surface area contributed by atoms with Crippen LogP contribution >= 0.6 is 0 Å². The molecule has 2 unspecified atom stereocenters. The number of aromatic amines is 1. The third-order valence-corrected chi connectivity index (χ3v) is 4.94. The summed E-state index contributed by atoms with van der Waals surface area (Å²) in [5.74, 6) is -0.438. The van der Waals surface area contributed by atoms with Crippen molar-refractivity contribution in [2.75, 3.05) is 0 Å². The number of rotatable bonds is 6. The second-order valence-corrected chi connectivity index (χ2v) is 6.57. The van der Waals surface area contributed by atoms with E-state index in [1.165, 1.54) is 0 Å². The van der Waals surface area contributed by atoms with Gasteiger partial charge in [-0.3, -0.25) is 14.3 Å². The summed E-state index contributed by atoms with van der Waals surface area (Å²) in [7, 11) is 0. The number of benzene rings is 1. The normalized spacial score (nSPS) is 17.1. The van der Waals surface area contributed by atoms with Gasteiger partial charge in [-0.2, -0.15) is 0 Å². The van der Waals surface area contributed by atoms with Crippen molar-refractivity contribution in [3.8, 4) is 5.88 Å². The number of fused-ring (bicyclic) bond motifs is 2. The fourth-order valence-electron chi connectivity index (χ4n) is 3.52. The van der Waals surface area contributed by atoms with Crippen molar-refractivity contribution in [3.05, 3.63) is 51.6 Å². The number of imidazole rings is 1. The van der Waals surface area contributed by atoms with Gasteiger partial charge in [0.05, 0.1) is 11.7 Å². The van der Waals surface area contributed by atoms with Gasteiger partial charge in [0, 0.05) is 12.3 Å². The second kappa shape index (κ2) is 6.55. The highest BCUT2D eigenvalue weighted by Crippen LogP contribution is 2.35. The van der Waals surface area contributed by atoms with Gasteiger partial charge >= 0.3 is 5.69 Å². The molecule has 0 saturated carbocycles. The number of primary amides is 1. The fraction of sp³-hybridized carbons (Fsp3) is 0.444. The largest absolute Gasteiger partial charge is 0.493 e. The lowest BCUT2D eigenvalue weighted by atomic mass is 9.89. The second-order valence-electron chi connectivity index (χ2n) is 6.57. The van der Waals surface area contributed by atoms with Crippen molar-refractivity contribution >= 4 is 5.91 Å². The molecular weight excluding hydrogens is 306 g/mol. The summed E-state index contributed by atoms with van der Waals surface area (Å²) in [6, 6.07) is 7.95. The van der Waals surface area contributed by atoms with Crippen molar-refractivity contribution in [1.29, 1.82) is 0 Å². The van der Waals surface area contributed by atoms with Gasteiger partial charge in [0.15, 0.2) is 0 Å². The number of H-pyrrole nitrogens is 1. The van der Waals surface area contributed by atoms with Gasteiger partial charge in [-0.15, -0.1) is 0 Å². The lowest BCUT2D eigenvalue weighted by molar-refractivity contribution is -0.121. The first-order valence-corrected chi connectivity index (χ1v) is 8.38. The van der Waals surface area contributed by atoms with Crippen LogP contribution in [0.4, 0.5) is 0 Å². The minimum absolute atomic E-state index is 0.0400. The maximum absolute atomic E-state index is 12.2. The lowest BCUT2D eigenvalue weighted by Crippen LogP contribution is -2.29. The molecule has 6 heteroatoms.